The summed E-state index contributed by atoms with van der Waals surface area (Å²) < 4.78 is 0. The number of aromatic nitrogens is 2. The molecule has 5 nitrogen and oxygen atoms in total. The highest BCUT2D eigenvalue weighted by Crippen LogP contribution is 2.02. The smallest absolute Gasteiger partial charge is 0.272 e. The van der Waals surface area contributed by atoms with Crippen molar-refractivity contribution in [2.75, 3.05) is 12.4 Å². The molecule has 1 aromatic rings. The van der Waals surface area contributed by atoms with Gasteiger partial charge in [0.15, 0.2) is 5.69 Å². The van der Waals surface area contributed by atoms with Crippen LogP contribution >= 0.6 is 0 Å². The third kappa shape index (κ3) is 3.18. The SMILES string of the molecule is CCC(CC)NC(=O)c1ccc(NC)nn1. The molecule has 1 amide bonds. The number of carbonyl (C=O) groups excluding carboxylic acids is 1. The van der Waals surface area contributed by atoms with Gasteiger partial charge in [-0.05, 0) is 25.0 Å². The minimum absolute atomic E-state index is 0.163. The van der Waals surface area contributed by atoms with Gasteiger partial charge in [0.2, 0.25) is 0 Å². The number of hydrogen-bond donors (Lipinski definition) is 2. The molecule has 0 aliphatic carbocycles. The predicted octanol–water partition coefficient (Wildman–Crippen LogP) is 1.44. The van der Waals surface area contributed by atoms with Crippen LogP contribution in [0.5, 0.6) is 0 Å². The van der Waals surface area contributed by atoms with Crippen molar-refractivity contribution in [2.24, 2.45) is 0 Å². The first-order valence-electron chi connectivity index (χ1n) is 5.53. The molecule has 0 aliphatic rings. The lowest BCUT2D eigenvalue weighted by Gasteiger charge is -2.13. The number of amides is 1. The van der Waals surface area contributed by atoms with E-state index in [0.717, 1.165) is 12.8 Å². The second-order valence-corrected chi connectivity index (χ2v) is 3.54. The highest BCUT2D eigenvalue weighted by Gasteiger charge is 2.11. The van der Waals surface area contributed by atoms with Crippen LogP contribution in [0.3, 0.4) is 0 Å². The number of rotatable bonds is 5. The van der Waals surface area contributed by atoms with Gasteiger partial charge in [-0.15, -0.1) is 10.2 Å². The Hall–Kier alpha value is -1.65. The van der Waals surface area contributed by atoms with Gasteiger partial charge < -0.3 is 10.6 Å². The molecule has 0 unspecified atom stereocenters. The molecule has 0 bridgehead atoms. The molecule has 0 fully saturated rings. The molecule has 0 radical (unpaired) electrons. The molecule has 1 rings (SSSR count). The fraction of sp³-hybridized carbons (Fsp3) is 0.545. The topological polar surface area (TPSA) is 66.9 Å². The number of nitrogens with zero attached hydrogens (tertiary/aromatic N) is 2. The Morgan fingerprint density at radius 3 is 2.44 bits per heavy atom. The summed E-state index contributed by atoms with van der Waals surface area (Å²) in [5, 5.41) is 13.5. The zero-order valence-corrected chi connectivity index (χ0v) is 9.95. The van der Waals surface area contributed by atoms with Gasteiger partial charge in [0.1, 0.15) is 5.82 Å². The van der Waals surface area contributed by atoms with Crippen molar-refractivity contribution >= 4 is 11.7 Å². The van der Waals surface area contributed by atoms with E-state index in [1.54, 1.807) is 19.2 Å². The van der Waals surface area contributed by atoms with Crippen LogP contribution in [0.25, 0.3) is 0 Å². The Bertz CT molecular complexity index is 332. The van der Waals surface area contributed by atoms with E-state index in [2.05, 4.69) is 20.8 Å². The van der Waals surface area contributed by atoms with Crippen molar-refractivity contribution < 1.29 is 4.79 Å². The van der Waals surface area contributed by atoms with Crippen molar-refractivity contribution in [1.29, 1.82) is 0 Å². The highest BCUT2D eigenvalue weighted by molar-refractivity contribution is 5.92. The van der Waals surface area contributed by atoms with E-state index in [9.17, 15) is 4.79 Å². The van der Waals surface area contributed by atoms with E-state index in [1.165, 1.54) is 0 Å². The van der Waals surface area contributed by atoms with Crippen molar-refractivity contribution in [3.8, 4) is 0 Å². The summed E-state index contributed by atoms with van der Waals surface area (Å²) in [5.41, 5.74) is 0.353. The van der Waals surface area contributed by atoms with Crippen LogP contribution in [0.15, 0.2) is 12.1 Å². The molecule has 0 spiro atoms. The molecule has 0 atom stereocenters. The lowest BCUT2D eigenvalue weighted by atomic mass is 10.1. The highest BCUT2D eigenvalue weighted by atomic mass is 16.2. The van der Waals surface area contributed by atoms with Crippen molar-refractivity contribution in [3.05, 3.63) is 17.8 Å². The second-order valence-electron chi connectivity index (χ2n) is 3.54. The average Bonchev–Trinajstić information content (AvgIpc) is 2.35. The van der Waals surface area contributed by atoms with Crippen LogP contribution in [-0.4, -0.2) is 29.2 Å². The Kier molecular flexibility index (Phi) is 4.69. The van der Waals surface area contributed by atoms with Gasteiger partial charge in [-0.25, -0.2) is 0 Å². The molecule has 88 valence electrons. The van der Waals surface area contributed by atoms with Crippen molar-refractivity contribution in [1.82, 2.24) is 15.5 Å². The largest absolute Gasteiger partial charge is 0.372 e. The van der Waals surface area contributed by atoms with Crippen LogP contribution in [0.1, 0.15) is 37.2 Å². The number of carbonyl (C=O) groups is 1. The molecular formula is C11H18N4O. The Morgan fingerprint density at radius 2 is 2.00 bits per heavy atom. The van der Waals surface area contributed by atoms with E-state index < -0.39 is 0 Å². The normalized spacial score (nSPS) is 10.2. The second kappa shape index (κ2) is 6.05. The first-order chi connectivity index (χ1) is 7.71. The maximum atomic E-state index is 11.7. The molecule has 1 aromatic heterocycles. The monoisotopic (exact) mass is 222 g/mol. The zero-order chi connectivity index (χ0) is 12.0. The lowest BCUT2D eigenvalue weighted by molar-refractivity contribution is 0.0929. The van der Waals surface area contributed by atoms with Crippen molar-refractivity contribution in [2.45, 2.75) is 32.7 Å². The maximum Gasteiger partial charge on any atom is 0.272 e. The molecule has 0 aromatic carbocycles. The predicted molar refractivity (Wildman–Crippen MR) is 63.4 cm³/mol. The van der Waals surface area contributed by atoms with Gasteiger partial charge in [0.05, 0.1) is 0 Å². The van der Waals surface area contributed by atoms with Crippen LogP contribution in [0, 0.1) is 0 Å². The number of anilines is 1. The number of hydrogen-bond acceptors (Lipinski definition) is 4. The van der Waals surface area contributed by atoms with E-state index in [-0.39, 0.29) is 11.9 Å². The first kappa shape index (κ1) is 12.4. The fourth-order valence-corrected chi connectivity index (χ4v) is 1.34. The molecule has 5 heteroatoms. The standard InChI is InChI=1S/C11H18N4O/c1-4-8(5-2)13-11(16)9-6-7-10(12-3)15-14-9/h6-8H,4-5H2,1-3H3,(H,12,15)(H,13,16). The van der Waals surface area contributed by atoms with Gasteiger partial charge in [-0.1, -0.05) is 13.8 Å². The molecule has 16 heavy (non-hydrogen) atoms. The van der Waals surface area contributed by atoms with Crippen molar-refractivity contribution in [3.63, 3.8) is 0 Å². The van der Waals surface area contributed by atoms with Gasteiger partial charge in [-0.2, -0.15) is 0 Å². The minimum atomic E-state index is -0.163. The minimum Gasteiger partial charge on any atom is -0.372 e. The van der Waals surface area contributed by atoms with Crippen LogP contribution < -0.4 is 10.6 Å². The molecule has 1 heterocycles. The molecule has 2 N–H and O–H groups in total. The van der Waals surface area contributed by atoms with E-state index in [4.69, 9.17) is 0 Å². The third-order valence-electron chi connectivity index (χ3n) is 2.47. The van der Waals surface area contributed by atoms with Crippen LogP contribution in [0.4, 0.5) is 5.82 Å². The number of nitrogens with one attached hydrogen (secondary N) is 2. The summed E-state index contributed by atoms with van der Waals surface area (Å²) in [5.74, 6) is 0.489. The Labute approximate surface area is 95.7 Å². The quantitative estimate of drug-likeness (QED) is 0.791. The van der Waals surface area contributed by atoms with Gasteiger partial charge in [0.25, 0.3) is 5.91 Å². The molecule has 0 aliphatic heterocycles. The maximum absolute atomic E-state index is 11.7. The zero-order valence-electron chi connectivity index (χ0n) is 9.95. The lowest BCUT2D eigenvalue weighted by Crippen LogP contribution is -2.34. The molecule has 0 saturated heterocycles. The summed E-state index contributed by atoms with van der Waals surface area (Å²) in [4.78, 5) is 11.7. The van der Waals surface area contributed by atoms with Gasteiger partial charge >= 0.3 is 0 Å². The summed E-state index contributed by atoms with van der Waals surface area (Å²) in [6.07, 6.45) is 1.84. The average molecular weight is 222 g/mol. The van der Waals surface area contributed by atoms with E-state index in [1.807, 2.05) is 13.8 Å². The first-order valence-corrected chi connectivity index (χ1v) is 5.53. The summed E-state index contributed by atoms with van der Waals surface area (Å²) in [6.45, 7) is 4.09. The Balaban J connectivity index is 2.65. The molecular weight excluding hydrogens is 204 g/mol. The van der Waals surface area contributed by atoms with Gasteiger partial charge in [-0.3, -0.25) is 4.79 Å². The molecule has 0 saturated carbocycles. The fourth-order valence-electron chi connectivity index (χ4n) is 1.34. The Morgan fingerprint density at radius 1 is 1.31 bits per heavy atom. The summed E-state index contributed by atoms with van der Waals surface area (Å²) in [6, 6.07) is 3.60. The summed E-state index contributed by atoms with van der Waals surface area (Å²) >= 11 is 0. The van der Waals surface area contributed by atoms with Crippen LogP contribution in [0.2, 0.25) is 0 Å². The third-order valence-corrected chi connectivity index (χ3v) is 2.47. The van der Waals surface area contributed by atoms with E-state index in [0.29, 0.717) is 11.5 Å². The van der Waals surface area contributed by atoms with E-state index >= 15 is 0 Å². The van der Waals surface area contributed by atoms with Gasteiger partial charge in [0, 0.05) is 13.1 Å². The van der Waals surface area contributed by atoms with Crippen LogP contribution in [-0.2, 0) is 0 Å². The summed E-state index contributed by atoms with van der Waals surface area (Å²) in [7, 11) is 1.76.